The van der Waals surface area contributed by atoms with Gasteiger partial charge in [-0.3, -0.25) is 24.5 Å². The zero-order chi connectivity index (χ0) is 40.0. The molecule has 0 heterocycles. The molecule has 4 N–H and O–H groups in total. The molecule has 0 amide bonds. The van der Waals surface area contributed by atoms with Gasteiger partial charge in [0.15, 0.2) is 0 Å². The summed E-state index contributed by atoms with van der Waals surface area (Å²) >= 11 is 0. The molecule has 3 aromatic rings. The first-order valence-electron chi connectivity index (χ1n) is 21.1. The summed E-state index contributed by atoms with van der Waals surface area (Å²) < 4.78 is 0. The first kappa shape index (κ1) is 45.4. The van der Waals surface area contributed by atoms with Crippen LogP contribution in [0, 0.1) is 0 Å². The van der Waals surface area contributed by atoms with Gasteiger partial charge in [0, 0.05) is 66.9 Å². The lowest BCUT2D eigenvalue weighted by Gasteiger charge is -2.36. The summed E-state index contributed by atoms with van der Waals surface area (Å²) in [5.41, 5.74) is 15.4. The van der Waals surface area contributed by atoms with Crippen molar-refractivity contribution in [1.29, 1.82) is 0 Å². The Bertz CT molecular complexity index is 1510. The summed E-state index contributed by atoms with van der Waals surface area (Å²) in [5.74, 6) is 0.691. The molecule has 3 aromatic carbocycles. The zero-order valence-electron chi connectivity index (χ0n) is 36.1. The Balaban J connectivity index is 2.56. The Morgan fingerprint density at radius 2 is 0.667 bits per heavy atom. The van der Waals surface area contributed by atoms with Crippen molar-refractivity contribution in [3.63, 3.8) is 0 Å². The average Bonchev–Trinajstić information content (AvgIpc) is 3.20. The van der Waals surface area contributed by atoms with E-state index in [-0.39, 0.29) is 6.54 Å². The van der Waals surface area contributed by atoms with E-state index in [0.29, 0.717) is 31.1 Å². The average molecular weight is 745 g/mol. The lowest BCUT2D eigenvalue weighted by atomic mass is 9.69. The molecule has 3 rings (SSSR count). The monoisotopic (exact) mass is 745 g/mol. The maximum atomic E-state index is 12.0. The third-order valence-corrected chi connectivity index (χ3v) is 12.0. The molecule has 0 aliphatic carbocycles. The molecule has 0 aliphatic rings. The van der Waals surface area contributed by atoms with E-state index in [2.05, 4.69) is 143 Å². The number of hydrogen-bond acceptors (Lipinski definition) is 8. The number of nitrogens with zero attached hydrogens (tertiary/aromatic N) is 5. The molecule has 0 aromatic heterocycles. The number of phenols is 2. The highest BCUT2D eigenvalue weighted by Gasteiger charge is 2.35. The summed E-state index contributed by atoms with van der Waals surface area (Å²) in [6, 6.07) is 16.1. The van der Waals surface area contributed by atoms with E-state index in [1.54, 1.807) is 0 Å². The fourth-order valence-electron chi connectivity index (χ4n) is 7.82. The third-order valence-electron chi connectivity index (χ3n) is 12.0. The maximum Gasteiger partial charge on any atom is 0.124 e. The van der Waals surface area contributed by atoms with Crippen molar-refractivity contribution >= 4 is 0 Å². The van der Waals surface area contributed by atoms with Gasteiger partial charge in [-0.05, 0) is 124 Å². The number of phenolic OH excluding ortho intramolecular Hbond substituents is 2. The van der Waals surface area contributed by atoms with E-state index in [1.807, 2.05) is 0 Å². The molecular weight excluding hydrogens is 669 g/mol. The molecule has 1 atom stereocenters. The second-order valence-electron chi connectivity index (χ2n) is 15.0. The van der Waals surface area contributed by atoms with Crippen LogP contribution in [0.1, 0.15) is 126 Å². The van der Waals surface area contributed by atoms with E-state index >= 15 is 0 Å². The topological polar surface area (TPSA) is 82.7 Å². The standard InChI is InChI=1S/C46H76N6O2/c1-12-48(13-2)30-35-22-36(31-49(14-3)15-4)24-41(23-35)46(11,42-25-37(29-47)44(53)38(26-42)32-50(16-5)17-6)43-27-39(33-51(18-7)19-8)45(54)40(28-43)34-52(20-9)21-10/h22-28,53-54H,12-21,29-34,47H2,1-11H3. The molecule has 0 bridgehead atoms. The Kier molecular flexibility index (Phi) is 18.4. The molecule has 1 unspecified atom stereocenters. The van der Waals surface area contributed by atoms with Crippen LogP contribution < -0.4 is 5.73 Å². The molecule has 0 spiro atoms. The van der Waals surface area contributed by atoms with Gasteiger partial charge in [0.2, 0.25) is 0 Å². The van der Waals surface area contributed by atoms with E-state index in [9.17, 15) is 10.2 Å². The zero-order valence-corrected chi connectivity index (χ0v) is 36.1. The van der Waals surface area contributed by atoms with Gasteiger partial charge < -0.3 is 15.9 Å². The van der Waals surface area contributed by atoms with E-state index in [0.717, 1.165) is 112 Å². The van der Waals surface area contributed by atoms with Gasteiger partial charge in [-0.15, -0.1) is 0 Å². The van der Waals surface area contributed by atoms with Crippen LogP contribution in [0.15, 0.2) is 42.5 Å². The Morgan fingerprint density at radius 3 is 0.963 bits per heavy atom. The summed E-state index contributed by atoms with van der Waals surface area (Å²) in [5, 5.41) is 23.6. The van der Waals surface area contributed by atoms with Crippen LogP contribution in [0.2, 0.25) is 0 Å². The summed E-state index contributed by atoms with van der Waals surface area (Å²) in [4.78, 5) is 12.1. The van der Waals surface area contributed by atoms with Gasteiger partial charge in [-0.25, -0.2) is 0 Å². The highest BCUT2D eigenvalue weighted by Crippen LogP contribution is 2.45. The van der Waals surface area contributed by atoms with Crippen LogP contribution >= 0.6 is 0 Å². The van der Waals surface area contributed by atoms with E-state index in [4.69, 9.17) is 5.73 Å². The van der Waals surface area contributed by atoms with E-state index in [1.165, 1.54) is 16.7 Å². The first-order valence-corrected chi connectivity index (χ1v) is 21.1. The number of benzene rings is 3. The van der Waals surface area contributed by atoms with Gasteiger partial charge in [-0.2, -0.15) is 0 Å². The van der Waals surface area contributed by atoms with Gasteiger partial charge >= 0.3 is 0 Å². The van der Waals surface area contributed by atoms with Gasteiger partial charge in [-0.1, -0.05) is 87.4 Å². The van der Waals surface area contributed by atoms with Crippen molar-refractivity contribution in [3.05, 3.63) is 92.5 Å². The fraction of sp³-hybridized carbons (Fsp3) is 0.609. The van der Waals surface area contributed by atoms with Crippen molar-refractivity contribution < 1.29 is 10.2 Å². The predicted molar refractivity (Wildman–Crippen MR) is 229 cm³/mol. The second-order valence-corrected chi connectivity index (χ2v) is 15.0. The summed E-state index contributed by atoms with van der Waals surface area (Å²) in [6.45, 7) is 37.7. The van der Waals surface area contributed by atoms with E-state index < -0.39 is 5.41 Å². The van der Waals surface area contributed by atoms with Crippen molar-refractivity contribution in [2.75, 3.05) is 65.4 Å². The number of nitrogens with two attached hydrogens (primary N) is 1. The molecule has 8 nitrogen and oxygen atoms in total. The number of hydrogen-bond donors (Lipinski definition) is 3. The third kappa shape index (κ3) is 11.1. The van der Waals surface area contributed by atoms with Crippen LogP contribution in [-0.2, 0) is 44.7 Å². The molecule has 8 heteroatoms. The smallest absolute Gasteiger partial charge is 0.124 e. The highest BCUT2D eigenvalue weighted by atomic mass is 16.3. The largest absolute Gasteiger partial charge is 0.507 e. The lowest BCUT2D eigenvalue weighted by molar-refractivity contribution is 0.281. The molecule has 0 aliphatic heterocycles. The fourth-order valence-corrected chi connectivity index (χ4v) is 7.82. The maximum absolute atomic E-state index is 12.0. The normalized spacial score (nSPS) is 13.3. The van der Waals surface area contributed by atoms with Gasteiger partial charge in [0.25, 0.3) is 0 Å². The minimum absolute atomic E-state index is 0.242. The van der Waals surface area contributed by atoms with Crippen molar-refractivity contribution in [2.45, 2.75) is 121 Å². The number of rotatable bonds is 24. The molecular formula is C46H76N6O2. The second kappa shape index (κ2) is 21.9. The van der Waals surface area contributed by atoms with Crippen LogP contribution in [0.5, 0.6) is 11.5 Å². The summed E-state index contributed by atoms with van der Waals surface area (Å²) in [6.07, 6.45) is 0. The quantitative estimate of drug-likeness (QED) is 0.0795. The molecule has 0 radical (unpaired) electrons. The van der Waals surface area contributed by atoms with Crippen LogP contribution in [0.3, 0.4) is 0 Å². The van der Waals surface area contributed by atoms with Gasteiger partial charge in [0.1, 0.15) is 11.5 Å². The van der Waals surface area contributed by atoms with Crippen molar-refractivity contribution in [2.24, 2.45) is 5.73 Å². The van der Waals surface area contributed by atoms with Crippen LogP contribution in [0.25, 0.3) is 0 Å². The SMILES string of the molecule is CCN(CC)Cc1cc(CN(CC)CC)cc(C(C)(c2cc(CN)c(O)c(CN(CC)CC)c2)c2cc(CN(CC)CC)c(O)c(CN(CC)CC)c2)c1. The molecule has 0 fully saturated rings. The van der Waals surface area contributed by atoms with Crippen LogP contribution in [-0.4, -0.2) is 100 Å². The minimum atomic E-state index is -0.642. The summed E-state index contributed by atoms with van der Waals surface area (Å²) in [7, 11) is 0. The highest BCUT2D eigenvalue weighted by molar-refractivity contribution is 5.58. The lowest BCUT2D eigenvalue weighted by Crippen LogP contribution is -2.30. The van der Waals surface area contributed by atoms with Crippen molar-refractivity contribution in [1.82, 2.24) is 24.5 Å². The molecule has 54 heavy (non-hydrogen) atoms. The molecule has 0 saturated heterocycles. The molecule has 302 valence electrons. The number of aromatic hydroxyl groups is 2. The van der Waals surface area contributed by atoms with Crippen LogP contribution in [0.4, 0.5) is 0 Å². The Labute approximate surface area is 329 Å². The Morgan fingerprint density at radius 1 is 0.407 bits per heavy atom. The van der Waals surface area contributed by atoms with Crippen molar-refractivity contribution in [3.8, 4) is 11.5 Å². The minimum Gasteiger partial charge on any atom is -0.507 e. The van der Waals surface area contributed by atoms with Gasteiger partial charge in [0.05, 0.1) is 0 Å². The first-order chi connectivity index (χ1) is 25.9. The Hall–Kier alpha value is -2.98. The predicted octanol–water partition coefficient (Wildman–Crippen LogP) is 8.12. The molecule has 0 saturated carbocycles.